The topological polar surface area (TPSA) is 111 Å². The Bertz CT molecular complexity index is 1670. The minimum Gasteiger partial charge on any atom is -0.406 e. The predicted molar refractivity (Wildman–Crippen MR) is 159 cm³/mol. The number of urea groups is 1. The number of aromatic nitrogens is 3. The second-order valence-electron chi connectivity index (χ2n) is 9.74. The zero-order chi connectivity index (χ0) is 31.3. The number of halogens is 3. The van der Waals surface area contributed by atoms with Crippen molar-refractivity contribution in [3.8, 4) is 22.8 Å². The lowest BCUT2D eigenvalue weighted by atomic mass is 10.0. The van der Waals surface area contributed by atoms with Crippen molar-refractivity contribution in [1.29, 1.82) is 0 Å². The summed E-state index contributed by atoms with van der Waals surface area (Å²) in [5.41, 5.74) is 7.00. The zero-order valence-electron chi connectivity index (χ0n) is 23.7. The van der Waals surface area contributed by atoms with Gasteiger partial charge in [-0.15, -0.1) is 18.3 Å². The van der Waals surface area contributed by atoms with E-state index in [2.05, 4.69) is 32.2 Å². The van der Waals surface area contributed by atoms with Crippen molar-refractivity contribution in [2.75, 3.05) is 10.7 Å². The molecule has 0 unspecified atom stereocenters. The summed E-state index contributed by atoms with van der Waals surface area (Å²) < 4.78 is 42.5. The Labute approximate surface area is 254 Å². The maximum absolute atomic E-state index is 12.7. The van der Waals surface area contributed by atoms with E-state index in [4.69, 9.17) is 4.84 Å². The summed E-state index contributed by atoms with van der Waals surface area (Å²) in [6.45, 7) is 4.07. The van der Waals surface area contributed by atoms with Gasteiger partial charge in [0, 0.05) is 5.56 Å². The van der Waals surface area contributed by atoms with Gasteiger partial charge >= 0.3 is 12.4 Å². The van der Waals surface area contributed by atoms with Gasteiger partial charge in [-0.1, -0.05) is 61.5 Å². The van der Waals surface area contributed by atoms with E-state index in [0.29, 0.717) is 22.2 Å². The van der Waals surface area contributed by atoms with Crippen molar-refractivity contribution < 1.29 is 32.3 Å². The van der Waals surface area contributed by atoms with Gasteiger partial charge in [0.05, 0.1) is 23.7 Å². The summed E-state index contributed by atoms with van der Waals surface area (Å²) in [6.07, 6.45) is -1.61. The van der Waals surface area contributed by atoms with Crippen molar-refractivity contribution in [2.45, 2.75) is 39.7 Å². The molecule has 0 radical (unpaired) electrons. The van der Waals surface area contributed by atoms with Gasteiger partial charge in [0.2, 0.25) is 5.91 Å². The summed E-state index contributed by atoms with van der Waals surface area (Å²) in [6, 6.07) is 17.5. The van der Waals surface area contributed by atoms with Crippen molar-refractivity contribution in [3.63, 3.8) is 0 Å². The van der Waals surface area contributed by atoms with Crippen LogP contribution < -0.4 is 15.1 Å². The highest BCUT2D eigenvalue weighted by molar-refractivity contribution is 8.15. The van der Waals surface area contributed by atoms with Gasteiger partial charge in [-0.25, -0.2) is 19.9 Å². The number of amidine groups is 1. The molecule has 1 aliphatic heterocycles. The zero-order valence-corrected chi connectivity index (χ0v) is 24.5. The highest BCUT2D eigenvalue weighted by Crippen LogP contribution is 2.31. The van der Waals surface area contributed by atoms with Crippen LogP contribution in [-0.4, -0.2) is 44.0 Å². The fourth-order valence-corrected chi connectivity index (χ4v) is 5.26. The largest absolute Gasteiger partial charge is 0.573 e. The van der Waals surface area contributed by atoms with Crippen molar-refractivity contribution >= 4 is 34.6 Å². The van der Waals surface area contributed by atoms with Gasteiger partial charge in [0.15, 0.2) is 11.0 Å². The number of nitrogens with one attached hydrogen (secondary N) is 1. The lowest BCUT2D eigenvalue weighted by Gasteiger charge is -2.20. The van der Waals surface area contributed by atoms with Crippen LogP contribution in [0.1, 0.15) is 30.0 Å². The van der Waals surface area contributed by atoms with E-state index in [-0.39, 0.29) is 24.0 Å². The molecule has 0 saturated carbocycles. The number of amides is 3. The summed E-state index contributed by atoms with van der Waals surface area (Å²) in [5.74, 6) is 0.120. The lowest BCUT2D eigenvalue weighted by Crippen LogP contribution is -2.32. The van der Waals surface area contributed by atoms with E-state index >= 15 is 0 Å². The van der Waals surface area contributed by atoms with Crippen LogP contribution in [-0.2, 0) is 22.7 Å². The van der Waals surface area contributed by atoms with Gasteiger partial charge in [-0.3, -0.25) is 14.5 Å². The van der Waals surface area contributed by atoms with Crippen LogP contribution in [0.5, 0.6) is 5.75 Å². The first-order valence-electron chi connectivity index (χ1n) is 13.5. The number of benzene rings is 3. The third-order valence-electron chi connectivity index (χ3n) is 6.40. The quantitative estimate of drug-likeness (QED) is 0.216. The fourth-order valence-electron chi connectivity index (χ4n) is 4.41. The van der Waals surface area contributed by atoms with Crippen LogP contribution in [0, 0.1) is 6.92 Å². The molecule has 0 aliphatic carbocycles. The van der Waals surface area contributed by atoms with Gasteiger partial charge in [0.25, 0.3) is 0 Å². The van der Waals surface area contributed by atoms with Crippen LogP contribution >= 0.6 is 11.8 Å². The number of thioether (sulfide) groups is 1. The SMILES string of the molecule is CCCc1ccc(C)cc1N1C(=O)CSC1=NC(=O)NOCc1ccc(-c2ncn(-c3ccc(OC(F)(F)F)cc3)n2)cc1. The Morgan fingerprint density at radius 2 is 1.84 bits per heavy atom. The molecule has 1 N–H and O–H groups in total. The molecule has 10 nitrogen and oxygen atoms in total. The molecule has 228 valence electrons. The van der Waals surface area contributed by atoms with Crippen molar-refractivity contribution in [2.24, 2.45) is 4.99 Å². The second-order valence-corrected chi connectivity index (χ2v) is 10.7. The van der Waals surface area contributed by atoms with E-state index in [9.17, 15) is 22.8 Å². The average Bonchev–Trinajstić information content (AvgIpc) is 3.61. The number of hydroxylamine groups is 1. The highest BCUT2D eigenvalue weighted by Gasteiger charge is 2.32. The van der Waals surface area contributed by atoms with Crippen molar-refractivity contribution in [3.05, 3.63) is 89.7 Å². The Morgan fingerprint density at radius 1 is 1.09 bits per heavy atom. The number of carbonyl (C=O) groups excluding carboxylic acids is 2. The predicted octanol–water partition coefficient (Wildman–Crippen LogP) is 6.37. The summed E-state index contributed by atoms with van der Waals surface area (Å²) in [4.78, 5) is 40.4. The maximum Gasteiger partial charge on any atom is 0.573 e. The average molecular weight is 625 g/mol. The Balaban J connectivity index is 1.17. The van der Waals surface area contributed by atoms with Crippen LogP contribution in [0.3, 0.4) is 0 Å². The Kier molecular flexibility index (Phi) is 9.30. The number of aryl methyl sites for hydroxylation is 2. The van der Waals surface area contributed by atoms with E-state index in [1.807, 2.05) is 25.1 Å². The maximum atomic E-state index is 12.7. The molecule has 0 bridgehead atoms. The minimum atomic E-state index is -4.77. The Morgan fingerprint density at radius 3 is 2.55 bits per heavy atom. The molecule has 0 spiro atoms. The summed E-state index contributed by atoms with van der Waals surface area (Å²) in [5, 5.41) is 4.67. The number of hydrogen-bond acceptors (Lipinski definition) is 7. The molecule has 2 heterocycles. The number of carbonyl (C=O) groups is 2. The molecule has 14 heteroatoms. The molecule has 1 aliphatic rings. The second kappa shape index (κ2) is 13.3. The first-order chi connectivity index (χ1) is 21.1. The molecule has 5 rings (SSSR count). The molecule has 3 aromatic carbocycles. The summed E-state index contributed by atoms with van der Waals surface area (Å²) >= 11 is 1.20. The molecule has 1 saturated heterocycles. The van der Waals surface area contributed by atoms with Crippen LogP contribution in [0.2, 0.25) is 0 Å². The van der Waals surface area contributed by atoms with Gasteiger partial charge in [0.1, 0.15) is 12.1 Å². The number of nitrogens with zero attached hydrogens (tertiary/aromatic N) is 5. The smallest absolute Gasteiger partial charge is 0.406 e. The van der Waals surface area contributed by atoms with E-state index < -0.39 is 12.4 Å². The van der Waals surface area contributed by atoms with E-state index in [1.54, 1.807) is 24.3 Å². The molecule has 1 aromatic heterocycles. The van der Waals surface area contributed by atoms with Gasteiger partial charge in [-0.2, -0.15) is 4.99 Å². The number of alkyl halides is 3. The first-order valence-corrected chi connectivity index (χ1v) is 14.5. The third kappa shape index (κ3) is 7.63. The number of aliphatic imine (C=N–C) groups is 1. The first kappa shape index (κ1) is 30.8. The number of rotatable bonds is 9. The number of ether oxygens (including phenoxy) is 1. The standard InChI is InChI=1S/C30H27F3N6O4S/c1-3-4-21-8-5-19(2)15-25(21)39-26(40)17-44-29(39)35-28(41)37-42-16-20-6-9-22(10-7-20)27-34-18-38(36-27)23-11-13-24(14-12-23)43-30(31,32)33/h5-15,18H,3-4,16-17H2,1-2H3,(H,37,41). The molecule has 44 heavy (non-hydrogen) atoms. The van der Waals surface area contributed by atoms with E-state index in [1.165, 1.54) is 51.9 Å². The normalized spacial score (nSPS) is 14.3. The molecule has 1 fully saturated rings. The molecule has 4 aromatic rings. The lowest BCUT2D eigenvalue weighted by molar-refractivity contribution is -0.274. The Hall–Kier alpha value is -4.69. The van der Waals surface area contributed by atoms with Crippen LogP contribution in [0.4, 0.5) is 23.7 Å². The number of anilines is 1. The highest BCUT2D eigenvalue weighted by atomic mass is 32.2. The van der Waals surface area contributed by atoms with Crippen LogP contribution in [0.15, 0.2) is 78.0 Å². The summed E-state index contributed by atoms with van der Waals surface area (Å²) in [7, 11) is 0. The fraction of sp³-hybridized carbons (Fsp3) is 0.233. The molecule has 0 atom stereocenters. The minimum absolute atomic E-state index is 0.0550. The van der Waals surface area contributed by atoms with Crippen LogP contribution in [0.25, 0.3) is 17.1 Å². The molecular weight excluding hydrogens is 597 g/mol. The molecular formula is C30H27F3N6O4S. The van der Waals surface area contributed by atoms with Gasteiger partial charge in [-0.05, 0) is 60.4 Å². The molecule has 3 amide bonds. The third-order valence-corrected chi connectivity index (χ3v) is 7.32. The monoisotopic (exact) mass is 624 g/mol. The van der Waals surface area contributed by atoms with Crippen molar-refractivity contribution in [1.82, 2.24) is 20.2 Å². The van der Waals surface area contributed by atoms with E-state index in [0.717, 1.165) is 35.2 Å². The number of hydrogen-bond donors (Lipinski definition) is 1. The van der Waals surface area contributed by atoms with Gasteiger partial charge < -0.3 is 4.74 Å².